The predicted molar refractivity (Wildman–Crippen MR) is 59.8 cm³/mol. The zero-order chi connectivity index (χ0) is 10.5. The Balaban J connectivity index is 3.81. The maximum Gasteiger partial charge on any atom is 0.0254 e. The summed E-state index contributed by atoms with van der Waals surface area (Å²) in [5, 5.41) is 0. The molecule has 0 aromatic heterocycles. The van der Waals surface area contributed by atoms with E-state index in [1.807, 2.05) is 0 Å². The minimum absolute atomic E-state index is 0.0155. The van der Waals surface area contributed by atoms with Crippen LogP contribution in [0, 0.1) is 5.92 Å². The second-order valence-electron chi connectivity index (χ2n) is 4.99. The number of nitrogens with two attached hydrogens (primary N) is 1. The van der Waals surface area contributed by atoms with Gasteiger partial charge in [-0.3, -0.25) is 0 Å². The average Bonchev–Trinajstić information content (AvgIpc) is 1.81. The van der Waals surface area contributed by atoms with Gasteiger partial charge in [0.25, 0.3) is 0 Å². The fourth-order valence-corrected chi connectivity index (χ4v) is 1.95. The number of nitrogens with zero attached hydrogens (tertiary/aromatic N) is 1. The van der Waals surface area contributed by atoms with Crippen molar-refractivity contribution in [2.75, 3.05) is 20.1 Å². The van der Waals surface area contributed by atoms with Gasteiger partial charge in [0, 0.05) is 18.6 Å². The molecule has 1 atom stereocenters. The highest BCUT2D eigenvalue weighted by Crippen LogP contribution is 2.10. The first-order chi connectivity index (χ1) is 5.87. The van der Waals surface area contributed by atoms with Gasteiger partial charge in [-0.25, -0.2) is 0 Å². The quantitative estimate of drug-likeness (QED) is 0.688. The smallest absolute Gasteiger partial charge is 0.0254 e. The lowest BCUT2D eigenvalue weighted by Gasteiger charge is -2.30. The summed E-state index contributed by atoms with van der Waals surface area (Å²) in [5.74, 6) is 0.724. The van der Waals surface area contributed by atoms with Crippen LogP contribution in [-0.2, 0) is 0 Å². The second-order valence-corrected chi connectivity index (χ2v) is 4.99. The molecule has 0 spiro atoms. The largest absolute Gasteiger partial charge is 0.324 e. The first kappa shape index (κ1) is 12.9. The molecule has 0 aliphatic heterocycles. The number of rotatable bonds is 6. The van der Waals surface area contributed by atoms with Gasteiger partial charge in [0.1, 0.15) is 0 Å². The molecule has 2 heteroatoms. The van der Waals surface area contributed by atoms with Crippen molar-refractivity contribution in [2.45, 2.75) is 46.1 Å². The van der Waals surface area contributed by atoms with Crippen molar-refractivity contribution >= 4 is 0 Å². The van der Waals surface area contributed by atoms with Gasteiger partial charge in [-0.2, -0.15) is 0 Å². The van der Waals surface area contributed by atoms with Crippen LogP contribution in [0.2, 0.25) is 0 Å². The minimum atomic E-state index is -0.0155. The molecule has 2 nitrogen and oxygen atoms in total. The fraction of sp³-hybridized carbons (Fsp3) is 1.00. The van der Waals surface area contributed by atoms with Crippen LogP contribution in [0.15, 0.2) is 0 Å². The Kier molecular flexibility index (Phi) is 5.57. The van der Waals surface area contributed by atoms with E-state index < -0.39 is 0 Å². The molecule has 0 rings (SSSR count). The average molecular weight is 186 g/mol. The Morgan fingerprint density at radius 1 is 1.38 bits per heavy atom. The lowest BCUT2D eigenvalue weighted by atomic mass is 9.97. The third-order valence-electron chi connectivity index (χ3n) is 2.13. The molecule has 0 amide bonds. The molecule has 0 bridgehead atoms. The third-order valence-corrected chi connectivity index (χ3v) is 2.13. The van der Waals surface area contributed by atoms with E-state index in [-0.39, 0.29) is 5.54 Å². The second kappa shape index (κ2) is 5.61. The van der Waals surface area contributed by atoms with Crippen molar-refractivity contribution in [2.24, 2.45) is 11.7 Å². The predicted octanol–water partition coefficient (Wildman–Crippen LogP) is 2.09. The van der Waals surface area contributed by atoms with E-state index in [2.05, 4.69) is 39.6 Å². The summed E-state index contributed by atoms with van der Waals surface area (Å²) in [5.41, 5.74) is 6.15. The van der Waals surface area contributed by atoms with E-state index in [9.17, 15) is 0 Å². The zero-order valence-electron chi connectivity index (χ0n) is 9.93. The monoisotopic (exact) mass is 186 g/mol. The highest BCUT2D eigenvalue weighted by molar-refractivity contribution is 4.81. The van der Waals surface area contributed by atoms with Crippen molar-refractivity contribution in [1.82, 2.24) is 4.90 Å². The van der Waals surface area contributed by atoms with Gasteiger partial charge in [0.05, 0.1) is 0 Å². The highest BCUT2D eigenvalue weighted by Gasteiger charge is 2.19. The van der Waals surface area contributed by atoms with Crippen LogP contribution in [-0.4, -0.2) is 30.6 Å². The summed E-state index contributed by atoms with van der Waals surface area (Å²) < 4.78 is 0. The van der Waals surface area contributed by atoms with Crippen LogP contribution < -0.4 is 5.73 Å². The van der Waals surface area contributed by atoms with E-state index in [4.69, 9.17) is 5.73 Å². The molecule has 0 aliphatic carbocycles. The summed E-state index contributed by atoms with van der Waals surface area (Å²) in [7, 11) is 2.15. The third kappa shape index (κ3) is 7.03. The minimum Gasteiger partial charge on any atom is -0.324 e. The van der Waals surface area contributed by atoms with E-state index in [0.717, 1.165) is 25.4 Å². The van der Waals surface area contributed by atoms with Crippen molar-refractivity contribution in [3.05, 3.63) is 0 Å². The lowest BCUT2D eigenvalue weighted by Crippen LogP contribution is -2.47. The van der Waals surface area contributed by atoms with Gasteiger partial charge < -0.3 is 10.6 Å². The molecule has 0 saturated heterocycles. The summed E-state index contributed by atoms with van der Waals surface area (Å²) in [4.78, 5) is 2.33. The molecule has 0 fully saturated rings. The van der Waals surface area contributed by atoms with Gasteiger partial charge in [-0.1, -0.05) is 27.2 Å². The fourth-order valence-electron chi connectivity index (χ4n) is 1.95. The molecule has 13 heavy (non-hydrogen) atoms. The van der Waals surface area contributed by atoms with E-state index in [1.165, 1.54) is 6.42 Å². The lowest BCUT2D eigenvalue weighted by molar-refractivity contribution is 0.227. The molecule has 0 radical (unpaired) electrons. The summed E-state index contributed by atoms with van der Waals surface area (Å²) in [6.45, 7) is 10.9. The highest BCUT2D eigenvalue weighted by atomic mass is 15.1. The number of hydrogen-bond donors (Lipinski definition) is 1. The first-order valence-corrected chi connectivity index (χ1v) is 5.35. The summed E-state index contributed by atoms with van der Waals surface area (Å²) in [6, 6.07) is 0. The van der Waals surface area contributed by atoms with Gasteiger partial charge in [0.15, 0.2) is 0 Å². The van der Waals surface area contributed by atoms with Crippen molar-refractivity contribution in [1.29, 1.82) is 0 Å². The molecule has 0 saturated carbocycles. The van der Waals surface area contributed by atoms with E-state index in [1.54, 1.807) is 0 Å². The van der Waals surface area contributed by atoms with Crippen LogP contribution in [0.5, 0.6) is 0 Å². The SMILES string of the molecule is CCCC(C)(N)CN(C)CC(C)C. The molecule has 1 unspecified atom stereocenters. The molecular formula is C11H26N2. The maximum atomic E-state index is 6.16. The van der Waals surface area contributed by atoms with Crippen LogP contribution in [0.25, 0.3) is 0 Å². The van der Waals surface area contributed by atoms with Crippen LogP contribution >= 0.6 is 0 Å². The van der Waals surface area contributed by atoms with Gasteiger partial charge >= 0.3 is 0 Å². The molecular weight excluding hydrogens is 160 g/mol. The number of likely N-dealkylation sites (N-methyl/N-ethyl adjacent to an activating group) is 1. The topological polar surface area (TPSA) is 29.3 Å². The van der Waals surface area contributed by atoms with Crippen molar-refractivity contribution in [3.8, 4) is 0 Å². The standard InChI is InChI=1S/C11H26N2/c1-6-7-11(4,12)9-13(5)8-10(2)3/h10H,6-9,12H2,1-5H3. The maximum absolute atomic E-state index is 6.16. The molecule has 0 aromatic rings. The zero-order valence-corrected chi connectivity index (χ0v) is 9.93. The molecule has 2 N–H and O–H groups in total. The van der Waals surface area contributed by atoms with Crippen molar-refractivity contribution < 1.29 is 0 Å². The normalized spacial score (nSPS) is 16.6. The van der Waals surface area contributed by atoms with Gasteiger partial charge in [-0.05, 0) is 26.3 Å². The summed E-state index contributed by atoms with van der Waals surface area (Å²) in [6.07, 6.45) is 2.28. The van der Waals surface area contributed by atoms with Crippen LogP contribution in [0.1, 0.15) is 40.5 Å². The summed E-state index contributed by atoms with van der Waals surface area (Å²) >= 11 is 0. The van der Waals surface area contributed by atoms with E-state index in [0.29, 0.717) is 0 Å². The molecule has 80 valence electrons. The Bertz CT molecular complexity index is 130. The van der Waals surface area contributed by atoms with Crippen LogP contribution in [0.4, 0.5) is 0 Å². The molecule has 0 heterocycles. The Morgan fingerprint density at radius 2 is 1.92 bits per heavy atom. The van der Waals surface area contributed by atoms with Crippen molar-refractivity contribution in [3.63, 3.8) is 0 Å². The first-order valence-electron chi connectivity index (χ1n) is 5.35. The van der Waals surface area contributed by atoms with Gasteiger partial charge in [0.2, 0.25) is 0 Å². The number of hydrogen-bond acceptors (Lipinski definition) is 2. The molecule has 0 aromatic carbocycles. The van der Waals surface area contributed by atoms with Gasteiger partial charge in [-0.15, -0.1) is 0 Å². The molecule has 0 aliphatic rings. The Morgan fingerprint density at radius 3 is 2.31 bits per heavy atom. The Hall–Kier alpha value is -0.0800. The van der Waals surface area contributed by atoms with E-state index >= 15 is 0 Å². The van der Waals surface area contributed by atoms with Crippen LogP contribution in [0.3, 0.4) is 0 Å². The Labute approximate surface area is 83.5 Å².